The van der Waals surface area contributed by atoms with Crippen LogP contribution in [0, 0.1) is 22.7 Å². The van der Waals surface area contributed by atoms with E-state index in [2.05, 4.69) is 17.1 Å². The van der Waals surface area contributed by atoms with Crippen molar-refractivity contribution in [2.24, 2.45) is 0 Å². The lowest BCUT2D eigenvalue weighted by Gasteiger charge is -2.11. The SMILES string of the molecule is N#Cc1cnc(-c2ccccc2)c(C#N)c1-c1ccccc1. The van der Waals surface area contributed by atoms with E-state index in [-0.39, 0.29) is 0 Å². The average molecular weight is 281 g/mol. The van der Waals surface area contributed by atoms with Crippen molar-refractivity contribution < 1.29 is 0 Å². The van der Waals surface area contributed by atoms with Crippen LogP contribution in [0.4, 0.5) is 0 Å². The molecule has 0 aliphatic carbocycles. The first kappa shape index (κ1) is 13.5. The van der Waals surface area contributed by atoms with Crippen LogP contribution in [0.15, 0.2) is 66.9 Å². The Balaban J connectivity index is 2.34. The molecule has 0 atom stereocenters. The maximum atomic E-state index is 9.64. The molecule has 0 aliphatic rings. The highest BCUT2D eigenvalue weighted by Gasteiger charge is 2.17. The molecule has 22 heavy (non-hydrogen) atoms. The fraction of sp³-hybridized carbons (Fsp3) is 0. The smallest absolute Gasteiger partial charge is 0.102 e. The number of pyridine rings is 1. The van der Waals surface area contributed by atoms with Crippen LogP contribution in [0.5, 0.6) is 0 Å². The van der Waals surface area contributed by atoms with Crippen LogP contribution in [-0.4, -0.2) is 4.98 Å². The van der Waals surface area contributed by atoms with Gasteiger partial charge in [-0.2, -0.15) is 10.5 Å². The molecular weight excluding hydrogens is 270 g/mol. The maximum absolute atomic E-state index is 9.64. The maximum Gasteiger partial charge on any atom is 0.102 e. The van der Waals surface area contributed by atoms with E-state index in [9.17, 15) is 10.5 Å². The predicted octanol–water partition coefficient (Wildman–Crippen LogP) is 4.16. The summed E-state index contributed by atoms with van der Waals surface area (Å²) in [6, 6.07) is 23.4. The van der Waals surface area contributed by atoms with Crippen LogP contribution in [0.2, 0.25) is 0 Å². The monoisotopic (exact) mass is 281 g/mol. The van der Waals surface area contributed by atoms with Gasteiger partial charge in [0.25, 0.3) is 0 Å². The van der Waals surface area contributed by atoms with Crippen LogP contribution >= 0.6 is 0 Å². The molecule has 0 amide bonds. The average Bonchev–Trinajstić information content (AvgIpc) is 2.61. The van der Waals surface area contributed by atoms with Crippen LogP contribution in [0.25, 0.3) is 22.4 Å². The molecule has 0 spiro atoms. The van der Waals surface area contributed by atoms with Gasteiger partial charge < -0.3 is 0 Å². The summed E-state index contributed by atoms with van der Waals surface area (Å²) in [6.07, 6.45) is 1.53. The molecule has 1 aromatic heterocycles. The van der Waals surface area contributed by atoms with E-state index in [1.54, 1.807) is 0 Å². The van der Waals surface area contributed by atoms with Gasteiger partial charge in [-0.25, -0.2) is 0 Å². The Morgan fingerprint density at radius 2 is 1.32 bits per heavy atom. The fourth-order valence-electron chi connectivity index (χ4n) is 2.42. The summed E-state index contributed by atoms with van der Waals surface area (Å²) in [5.74, 6) is 0. The summed E-state index contributed by atoms with van der Waals surface area (Å²) < 4.78 is 0. The Kier molecular flexibility index (Phi) is 3.64. The van der Waals surface area contributed by atoms with Crippen molar-refractivity contribution in [3.63, 3.8) is 0 Å². The molecule has 0 aliphatic heterocycles. The van der Waals surface area contributed by atoms with E-state index >= 15 is 0 Å². The van der Waals surface area contributed by atoms with Crippen LogP contribution < -0.4 is 0 Å². The Morgan fingerprint density at radius 1 is 0.727 bits per heavy atom. The third kappa shape index (κ3) is 2.32. The molecule has 1 heterocycles. The zero-order chi connectivity index (χ0) is 15.4. The minimum absolute atomic E-state index is 0.405. The van der Waals surface area contributed by atoms with Crippen LogP contribution in [0.3, 0.4) is 0 Å². The Labute approximate surface area is 128 Å². The van der Waals surface area contributed by atoms with Gasteiger partial charge in [0.2, 0.25) is 0 Å². The van der Waals surface area contributed by atoms with Crippen molar-refractivity contribution in [1.29, 1.82) is 10.5 Å². The molecule has 0 saturated carbocycles. The predicted molar refractivity (Wildman–Crippen MR) is 84.5 cm³/mol. The van der Waals surface area contributed by atoms with Crippen molar-refractivity contribution in [1.82, 2.24) is 4.98 Å². The van der Waals surface area contributed by atoms with Gasteiger partial charge in [0.15, 0.2) is 0 Å². The van der Waals surface area contributed by atoms with Crippen molar-refractivity contribution in [2.75, 3.05) is 0 Å². The molecule has 2 aromatic carbocycles. The second kappa shape index (κ2) is 5.91. The topological polar surface area (TPSA) is 60.5 Å². The molecule has 0 fully saturated rings. The molecule has 0 bridgehead atoms. The molecule has 0 radical (unpaired) electrons. The second-order valence-corrected chi connectivity index (χ2v) is 4.73. The molecule has 3 heteroatoms. The quantitative estimate of drug-likeness (QED) is 0.708. The van der Waals surface area contributed by atoms with Gasteiger partial charge >= 0.3 is 0 Å². The molecule has 3 rings (SSSR count). The fourth-order valence-corrected chi connectivity index (χ4v) is 2.42. The van der Waals surface area contributed by atoms with Crippen molar-refractivity contribution >= 4 is 0 Å². The summed E-state index contributed by atoms with van der Waals surface area (Å²) in [5.41, 5.74) is 3.77. The third-order valence-electron chi connectivity index (χ3n) is 3.42. The molecule has 0 saturated heterocycles. The lowest BCUT2D eigenvalue weighted by Crippen LogP contribution is -1.97. The summed E-state index contributed by atoms with van der Waals surface area (Å²) in [6.45, 7) is 0. The van der Waals surface area contributed by atoms with Gasteiger partial charge in [0.1, 0.15) is 12.1 Å². The Morgan fingerprint density at radius 3 is 1.86 bits per heavy atom. The van der Waals surface area contributed by atoms with Gasteiger partial charge in [-0.3, -0.25) is 4.98 Å². The van der Waals surface area contributed by atoms with Gasteiger partial charge in [-0.15, -0.1) is 0 Å². The van der Waals surface area contributed by atoms with Gasteiger partial charge in [-0.1, -0.05) is 60.7 Å². The summed E-state index contributed by atoms with van der Waals surface area (Å²) in [4.78, 5) is 4.33. The van der Waals surface area contributed by atoms with Gasteiger partial charge in [-0.05, 0) is 5.56 Å². The van der Waals surface area contributed by atoms with Crippen molar-refractivity contribution in [2.45, 2.75) is 0 Å². The molecular formula is C19H11N3. The van der Waals surface area contributed by atoms with E-state index in [0.29, 0.717) is 22.4 Å². The zero-order valence-electron chi connectivity index (χ0n) is 11.7. The molecule has 3 aromatic rings. The first-order valence-electron chi connectivity index (χ1n) is 6.79. The Hall–Kier alpha value is -3.43. The van der Waals surface area contributed by atoms with Crippen molar-refractivity contribution in [3.8, 4) is 34.5 Å². The van der Waals surface area contributed by atoms with Crippen molar-refractivity contribution in [3.05, 3.63) is 78.0 Å². The van der Waals surface area contributed by atoms with Crippen LogP contribution in [0.1, 0.15) is 11.1 Å². The molecule has 102 valence electrons. The molecule has 0 N–H and O–H groups in total. The number of nitriles is 2. The number of hydrogen-bond donors (Lipinski definition) is 0. The molecule has 3 nitrogen and oxygen atoms in total. The minimum atomic E-state index is 0.405. The number of hydrogen-bond acceptors (Lipinski definition) is 3. The lowest BCUT2D eigenvalue weighted by molar-refractivity contribution is 1.28. The largest absolute Gasteiger partial charge is 0.253 e. The van der Waals surface area contributed by atoms with E-state index in [4.69, 9.17) is 0 Å². The number of aromatic nitrogens is 1. The van der Waals surface area contributed by atoms with Gasteiger partial charge in [0.05, 0.1) is 16.8 Å². The zero-order valence-corrected chi connectivity index (χ0v) is 11.7. The highest BCUT2D eigenvalue weighted by atomic mass is 14.7. The Bertz CT molecular complexity index is 886. The minimum Gasteiger partial charge on any atom is -0.253 e. The van der Waals surface area contributed by atoms with E-state index in [1.807, 2.05) is 60.7 Å². The summed E-state index contributed by atoms with van der Waals surface area (Å²) in [5, 5.41) is 19.0. The van der Waals surface area contributed by atoms with E-state index in [0.717, 1.165) is 11.1 Å². The first-order valence-corrected chi connectivity index (χ1v) is 6.79. The third-order valence-corrected chi connectivity index (χ3v) is 3.42. The lowest BCUT2D eigenvalue weighted by atomic mass is 9.93. The summed E-state index contributed by atoms with van der Waals surface area (Å²) in [7, 11) is 0. The summed E-state index contributed by atoms with van der Waals surface area (Å²) >= 11 is 0. The normalized spacial score (nSPS) is 9.73. The van der Waals surface area contributed by atoms with Crippen LogP contribution in [-0.2, 0) is 0 Å². The van der Waals surface area contributed by atoms with Gasteiger partial charge in [0, 0.05) is 17.3 Å². The highest BCUT2D eigenvalue weighted by Crippen LogP contribution is 2.32. The number of rotatable bonds is 2. The standard InChI is InChI=1S/C19H11N3/c20-11-16-13-22-19(15-9-5-2-6-10-15)17(12-21)18(16)14-7-3-1-4-8-14/h1-10,13H. The second-order valence-electron chi connectivity index (χ2n) is 4.73. The molecule has 0 unspecified atom stereocenters. The van der Waals surface area contributed by atoms with E-state index in [1.165, 1.54) is 6.20 Å². The van der Waals surface area contributed by atoms with E-state index < -0.39 is 0 Å². The number of benzene rings is 2. The first-order chi connectivity index (χ1) is 10.8. The highest BCUT2D eigenvalue weighted by molar-refractivity contribution is 5.83. The number of nitrogens with zero attached hydrogens (tertiary/aromatic N) is 3.